The summed E-state index contributed by atoms with van der Waals surface area (Å²) in [6.45, 7) is 4.39. The number of hydrogen-bond donors (Lipinski definition) is 1. The van der Waals surface area contributed by atoms with E-state index >= 15 is 0 Å². The average molecular weight is 328 g/mol. The molecule has 2 aromatic rings. The van der Waals surface area contributed by atoms with Crippen LogP contribution in [0.4, 0.5) is 0 Å². The highest BCUT2D eigenvalue weighted by atomic mass is 32.1. The highest BCUT2D eigenvalue weighted by Crippen LogP contribution is 2.26. The molecule has 0 fully saturated rings. The van der Waals surface area contributed by atoms with Crippen LogP contribution >= 0.6 is 11.3 Å². The van der Waals surface area contributed by atoms with Crippen LogP contribution in [0.5, 0.6) is 5.75 Å². The molecule has 4 nitrogen and oxygen atoms in total. The van der Waals surface area contributed by atoms with Gasteiger partial charge in [0.2, 0.25) is 0 Å². The van der Waals surface area contributed by atoms with Crippen LogP contribution in [0, 0.1) is 0 Å². The van der Waals surface area contributed by atoms with Gasteiger partial charge in [0.1, 0.15) is 5.75 Å². The lowest BCUT2D eigenvalue weighted by molar-refractivity contribution is 0.0947. The number of hydrogen-bond acceptors (Lipinski definition) is 4. The SMILES string of the molecule is O=C(NCCN1CCc2sccc2C1)c1ccc2c(c1)CCO2. The minimum absolute atomic E-state index is 0.00734. The van der Waals surface area contributed by atoms with Crippen LogP contribution in [-0.4, -0.2) is 37.0 Å². The van der Waals surface area contributed by atoms with E-state index in [1.54, 1.807) is 0 Å². The summed E-state index contributed by atoms with van der Waals surface area (Å²) in [7, 11) is 0. The maximum absolute atomic E-state index is 12.3. The van der Waals surface area contributed by atoms with Gasteiger partial charge in [-0.15, -0.1) is 11.3 Å². The van der Waals surface area contributed by atoms with Gasteiger partial charge in [-0.2, -0.15) is 0 Å². The fraction of sp³-hybridized carbons (Fsp3) is 0.389. The molecule has 23 heavy (non-hydrogen) atoms. The third-order valence-electron chi connectivity index (χ3n) is 4.55. The van der Waals surface area contributed by atoms with Crippen molar-refractivity contribution >= 4 is 17.2 Å². The second-order valence-electron chi connectivity index (χ2n) is 6.07. The van der Waals surface area contributed by atoms with Crippen molar-refractivity contribution in [1.29, 1.82) is 0 Å². The average Bonchev–Trinajstić information content (AvgIpc) is 3.22. The first-order chi connectivity index (χ1) is 11.3. The molecule has 1 aromatic heterocycles. The van der Waals surface area contributed by atoms with Crippen molar-refractivity contribution in [3.8, 4) is 5.75 Å². The Morgan fingerprint density at radius 1 is 1.26 bits per heavy atom. The Morgan fingerprint density at radius 2 is 2.22 bits per heavy atom. The molecule has 1 amide bonds. The molecule has 1 aromatic carbocycles. The van der Waals surface area contributed by atoms with Crippen LogP contribution in [0.1, 0.15) is 26.4 Å². The highest BCUT2D eigenvalue weighted by molar-refractivity contribution is 7.10. The van der Waals surface area contributed by atoms with E-state index in [0.29, 0.717) is 6.54 Å². The van der Waals surface area contributed by atoms with Crippen molar-refractivity contribution in [2.24, 2.45) is 0 Å². The van der Waals surface area contributed by atoms with Crippen LogP contribution in [0.3, 0.4) is 0 Å². The molecule has 0 unspecified atom stereocenters. The van der Waals surface area contributed by atoms with Gasteiger partial charge in [0, 0.05) is 43.0 Å². The zero-order valence-corrected chi connectivity index (χ0v) is 13.8. The molecule has 1 N–H and O–H groups in total. The largest absolute Gasteiger partial charge is 0.493 e. The van der Waals surface area contributed by atoms with E-state index in [1.807, 2.05) is 29.5 Å². The van der Waals surface area contributed by atoms with Gasteiger partial charge in [-0.25, -0.2) is 0 Å². The van der Waals surface area contributed by atoms with Crippen molar-refractivity contribution in [2.45, 2.75) is 19.4 Å². The van der Waals surface area contributed by atoms with Gasteiger partial charge in [0.25, 0.3) is 5.91 Å². The topological polar surface area (TPSA) is 41.6 Å². The molecule has 2 aliphatic rings. The minimum atomic E-state index is 0.00734. The molecule has 0 saturated heterocycles. The van der Waals surface area contributed by atoms with Crippen LogP contribution in [0.25, 0.3) is 0 Å². The Hall–Kier alpha value is -1.85. The number of carbonyl (C=O) groups excluding carboxylic acids is 1. The first kappa shape index (κ1) is 14.7. The summed E-state index contributed by atoms with van der Waals surface area (Å²) < 4.78 is 5.48. The summed E-state index contributed by atoms with van der Waals surface area (Å²) in [6, 6.07) is 7.92. The van der Waals surface area contributed by atoms with E-state index in [2.05, 4.69) is 21.7 Å². The Labute approximate surface area is 140 Å². The number of nitrogens with one attached hydrogen (secondary N) is 1. The number of carbonyl (C=O) groups is 1. The van der Waals surface area contributed by atoms with Crippen molar-refractivity contribution in [3.05, 3.63) is 51.2 Å². The van der Waals surface area contributed by atoms with Gasteiger partial charge in [-0.1, -0.05) is 0 Å². The van der Waals surface area contributed by atoms with E-state index < -0.39 is 0 Å². The molecule has 0 aliphatic carbocycles. The number of ether oxygens (including phenoxy) is 1. The standard InChI is InChI=1S/C18H20N2O2S/c21-18(14-1-2-16-13(11-14)4-9-22-16)19-6-8-20-7-3-17-15(12-20)5-10-23-17/h1-2,5,10-11H,3-4,6-9,12H2,(H,19,21). The summed E-state index contributed by atoms with van der Waals surface area (Å²) in [4.78, 5) is 16.2. The maximum atomic E-state index is 12.3. The molecule has 2 aliphatic heterocycles. The lowest BCUT2D eigenvalue weighted by atomic mass is 10.1. The zero-order valence-electron chi connectivity index (χ0n) is 13.0. The number of fused-ring (bicyclic) bond motifs is 2. The molecule has 3 heterocycles. The van der Waals surface area contributed by atoms with Gasteiger partial charge in [0.05, 0.1) is 6.61 Å². The smallest absolute Gasteiger partial charge is 0.251 e. The number of benzene rings is 1. The normalized spacial score (nSPS) is 16.5. The fourth-order valence-electron chi connectivity index (χ4n) is 3.26. The van der Waals surface area contributed by atoms with Gasteiger partial charge in [0.15, 0.2) is 0 Å². The van der Waals surface area contributed by atoms with Gasteiger partial charge < -0.3 is 10.1 Å². The van der Waals surface area contributed by atoms with Crippen LogP contribution in [0.2, 0.25) is 0 Å². The molecule has 0 bridgehead atoms. The molecule has 4 rings (SSSR count). The van der Waals surface area contributed by atoms with E-state index in [4.69, 9.17) is 4.74 Å². The molecule has 0 atom stereocenters. The number of amides is 1. The molecule has 0 saturated carbocycles. The van der Waals surface area contributed by atoms with E-state index in [-0.39, 0.29) is 5.91 Å². The van der Waals surface area contributed by atoms with Crippen molar-refractivity contribution in [3.63, 3.8) is 0 Å². The first-order valence-electron chi connectivity index (χ1n) is 8.11. The van der Waals surface area contributed by atoms with Gasteiger partial charge in [-0.3, -0.25) is 9.69 Å². The van der Waals surface area contributed by atoms with Crippen molar-refractivity contribution < 1.29 is 9.53 Å². The Morgan fingerprint density at radius 3 is 3.17 bits per heavy atom. The van der Waals surface area contributed by atoms with E-state index in [9.17, 15) is 4.79 Å². The first-order valence-corrected chi connectivity index (χ1v) is 8.99. The molecule has 0 spiro atoms. The molecule has 120 valence electrons. The molecule has 0 radical (unpaired) electrons. The van der Waals surface area contributed by atoms with E-state index in [1.165, 1.54) is 10.4 Å². The number of thiophene rings is 1. The van der Waals surface area contributed by atoms with E-state index in [0.717, 1.165) is 56.0 Å². The Kier molecular flexibility index (Phi) is 4.06. The summed E-state index contributed by atoms with van der Waals surface area (Å²) in [5.41, 5.74) is 3.32. The maximum Gasteiger partial charge on any atom is 0.251 e. The zero-order chi connectivity index (χ0) is 15.6. The molecular formula is C18H20N2O2S. The van der Waals surface area contributed by atoms with Crippen LogP contribution in [-0.2, 0) is 19.4 Å². The predicted octanol–water partition coefficient (Wildman–Crippen LogP) is 2.47. The fourth-order valence-corrected chi connectivity index (χ4v) is 4.14. The second-order valence-corrected chi connectivity index (χ2v) is 7.07. The predicted molar refractivity (Wildman–Crippen MR) is 91.3 cm³/mol. The second kappa shape index (κ2) is 6.34. The quantitative estimate of drug-likeness (QED) is 0.937. The lowest BCUT2D eigenvalue weighted by Gasteiger charge is -2.26. The highest BCUT2D eigenvalue weighted by Gasteiger charge is 2.18. The molecular weight excluding hydrogens is 308 g/mol. The summed E-state index contributed by atoms with van der Waals surface area (Å²) >= 11 is 1.86. The molecule has 5 heteroatoms. The summed E-state index contributed by atoms with van der Waals surface area (Å²) in [5.74, 6) is 0.925. The van der Waals surface area contributed by atoms with Crippen molar-refractivity contribution in [1.82, 2.24) is 10.2 Å². The van der Waals surface area contributed by atoms with Crippen LogP contribution < -0.4 is 10.1 Å². The summed E-state index contributed by atoms with van der Waals surface area (Å²) in [6.07, 6.45) is 2.03. The monoisotopic (exact) mass is 328 g/mol. The van der Waals surface area contributed by atoms with Gasteiger partial charge in [-0.05, 0) is 47.2 Å². The third-order valence-corrected chi connectivity index (χ3v) is 5.57. The van der Waals surface area contributed by atoms with Gasteiger partial charge >= 0.3 is 0 Å². The Balaban J connectivity index is 1.29. The Bertz CT molecular complexity index is 726. The third kappa shape index (κ3) is 3.12. The number of nitrogens with zero attached hydrogens (tertiary/aromatic N) is 1. The summed E-state index contributed by atoms with van der Waals surface area (Å²) in [5, 5.41) is 5.21. The van der Waals surface area contributed by atoms with Crippen LogP contribution in [0.15, 0.2) is 29.6 Å². The van der Waals surface area contributed by atoms with Crippen molar-refractivity contribution in [2.75, 3.05) is 26.2 Å². The lowest BCUT2D eigenvalue weighted by Crippen LogP contribution is -2.37. The number of rotatable bonds is 4. The minimum Gasteiger partial charge on any atom is -0.493 e.